The van der Waals surface area contributed by atoms with Crippen molar-refractivity contribution in [1.29, 1.82) is 0 Å². The minimum Gasteiger partial charge on any atom is -0.386 e. The molecule has 2 aromatic carbocycles. The fourth-order valence-electron chi connectivity index (χ4n) is 1.84. The van der Waals surface area contributed by atoms with Crippen LogP contribution in [0.3, 0.4) is 0 Å². The molecule has 22 heavy (non-hydrogen) atoms. The van der Waals surface area contributed by atoms with Crippen molar-refractivity contribution in [3.05, 3.63) is 59.7 Å². The second-order valence-corrected chi connectivity index (χ2v) is 5.35. The Morgan fingerprint density at radius 1 is 1.00 bits per heavy atom. The monoisotopic (exact) mass is 306 g/mol. The van der Waals surface area contributed by atoms with E-state index in [1.54, 1.807) is 38.1 Å². The molecule has 0 atom stereocenters. The van der Waals surface area contributed by atoms with Crippen LogP contribution in [0, 0.1) is 11.6 Å². The number of rotatable bonds is 3. The topological polar surface area (TPSA) is 61.4 Å². The molecule has 0 unspecified atom stereocenters. The van der Waals surface area contributed by atoms with Crippen molar-refractivity contribution in [3.63, 3.8) is 0 Å². The zero-order valence-electron chi connectivity index (χ0n) is 12.2. The zero-order chi connectivity index (χ0) is 16.3. The molecular weight excluding hydrogens is 290 g/mol. The first-order valence-corrected chi connectivity index (χ1v) is 6.62. The molecule has 6 heteroatoms. The lowest BCUT2D eigenvalue weighted by molar-refractivity contribution is 0.0786. The number of carbonyl (C=O) groups is 1. The molecule has 2 rings (SSSR count). The van der Waals surface area contributed by atoms with E-state index in [-0.39, 0.29) is 5.69 Å². The Hall–Kier alpha value is -2.47. The Balaban J connectivity index is 2.07. The van der Waals surface area contributed by atoms with Gasteiger partial charge in [0.1, 0.15) is 0 Å². The SMILES string of the molecule is CC(C)(O)c1cccc(NC(=O)Nc2ccc(F)c(F)c2)c1. The summed E-state index contributed by atoms with van der Waals surface area (Å²) in [5.74, 6) is -2.02. The number of aliphatic hydroxyl groups is 1. The van der Waals surface area contributed by atoms with Gasteiger partial charge in [0.25, 0.3) is 0 Å². The van der Waals surface area contributed by atoms with Crippen LogP contribution in [0.1, 0.15) is 19.4 Å². The summed E-state index contributed by atoms with van der Waals surface area (Å²) in [6, 6.07) is 9.19. The van der Waals surface area contributed by atoms with Crippen molar-refractivity contribution in [2.45, 2.75) is 19.4 Å². The number of hydrogen-bond donors (Lipinski definition) is 3. The highest BCUT2D eigenvalue weighted by Crippen LogP contribution is 2.22. The first-order valence-electron chi connectivity index (χ1n) is 6.62. The molecule has 0 saturated carbocycles. The third-order valence-corrected chi connectivity index (χ3v) is 3.00. The first kappa shape index (κ1) is 15.9. The maximum absolute atomic E-state index is 13.1. The van der Waals surface area contributed by atoms with Gasteiger partial charge < -0.3 is 15.7 Å². The van der Waals surface area contributed by atoms with Gasteiger partial charge in [0.05, 0.1) is 5.60 Å². The van der Waals surface area contributed by atoms with Crippen LogP contribution in [0.4, 0.5) is 25.0 Å². The van der Waals surface area contributed by atoms with Crippen LogP contribution in [0.2, 0.25) is 0 Å². The van der Waals surface area contributed by atoms with Gasteiger partial charge in [0.15, 0.2) is 11.6 Å². The average molecular weight is 306 g/mol. The minimum atomic E-state index is -1.04. The summed E-state index contributed by atoms with van der Waals surface area (Å²) in [6.45, 7) is 3.26. The van der Waals surface area contributed by atoms with Crippen molar-refractivity contribution >= 4 is 17.4 Å². The van der Waals surface area contributed by atoms with E-state index in [0.717, 1.165) is 12.1 Å². The highest BCUT2D eigenvalue weighted by Gasteiger charge is 2.16. The maximum Gasteiger partial charge on any atom is 0.323 e. The van der Waals surface area contributed by atoms with Gasteiger partial charge in [-0.3, -0.25) is 0 Å². The molecule has 0 bridgehead atoms. The summed E-state index contributed by atoms with van der Waals surface area (Å²) in [7, 11) is 0. The lowest BCUT2D eigenvalue weighted by Gasteiger charge is -2.18. The molecule has 2 aromatic rings. The van der Waals surface area contributed by atoms with E-state index in [4.69, 9.17) is 0 Å². The highest BCUT2D eigenvalue weighted by atomic mass is 19.2. The number of nitrogens with one attached hydrogen (secondary N) is 2. The van der Waals surface area contributed by atoms with Gasteiger partial charge in [-0.25, -0.2) is 13.6 Å². The van der Waals surface area contributed by atoms with Crippen LogP contribution in [-0.4, -0.2) is 11.1 Å². The zero-order valence-corrected chi connectivity index (χ0v) is 12.2. The summed E-state index contributed by atoms with van der Waals surface area (Å²) in [5, 5.41) is 14.9. The van der Waals surface area contributed by atoms with Crippen LogP contribution in [-0.2, 0) is 5.60 Å². The van der Waals surface area contributed by atoms with E-state index < -0.39 is 23.3 Å². The van der Waals surface area contributed by atoms with Gasteiger partial charge in [-0.1, -0.05) is 12.1 Å². The van der Waals surface area contributed by atoms with E-state index in [1.807, 2.05) is 0 Å². The lowest BCUT2D eigenvalue weighted by Crippen LogP contribution is -2.20. The van der Waals surface area contributed by atoms with E-state index in [2.05, 4.69) is 10.6 Å². The van der Waals surface area contributed by atoms with Crippen molar-refractivity contribution in [2.24, 2.45) is 0 Å². The van der Waals surface area contributed by atoms with Crippen LogP contribution in [0.5, 0.6) is 0 Å². The summed E-state index contributed by atoms with van der Waals surface area (Å²) >= 11 is 0. The quantitative estimate of drug-likeness (QED) is 0.807. The van der Waals surface area contributed by atoms with Crippen molar-refractivity contribution < 1.29 is 18.7 Å². The molecule has 0 aromatic heterocycles. The van der Waals surface area contributed by atoms with Gasteiger partial charge in [-0.15, -0.1) is 0 Å². The highest BCUT2D eigenvalue weighted by molar-refractivity contribution is 5.99. The molecule has 4 nitrogen and oxygen atoms in total. The Morgan fingerprint density at radius 2 is 1.64 bits per heavy atom. The van der Waals surface area contributed by atoms with E-state index in [9.17, 15) is 18.7 Å². The van der Waals surface area contributed by atoms with Gasteiger partial charge in [0, 0.05) is 17.4 Å². The number of carbonyl (C=O) groups excluding carboxylic acids is 1. The molecule has 0 aliphatic heterocycles. The number of anilines is 2. The Kier molecular flexibility index (Phi) is 4.42. The lowest BCUT2D eigenvalue weighted by atomic mass is 9.98. The second kappa shape index (κ2) is 6.11. The molecule has 2 amide bonds. The molecule has 0 radical (unpaired) electrons. The average Bonchev–Trinajstić information content (AvgIpc) is 2.42. The van der Waals surface area contributed by atoms with Crippen molar-refractivity contribution in [3.8, 4) is 0 Å². The summed E-state index contributed by atoms with van der Waals surface area (Å²) in [5.41, 5.74) is 0.210. The van der Waals surface area contributed by atoms with Gasteiger partial charge >= 0.3 is 6.03 Å². The molecular formula is C16H16F2N2O2. The van der Waals surface area contributed by atoms with E-state index in [0.29, 0.717) is 11.3 Å². The molecule has 116 valence electrons. The van der Waals surface area contributed by atoms with E-state index >= 15 is 0 Å². The first-order chi connectivity index (χ1) is 10.3. The standard InChI is InChI=1S/C16H16F2N2O2/c1-16(2,22)10-4-3-5-11(8-10)19-15(21)20-12-6-7-13(17)14(18)9-12/h3-9,22H,1-2H3,(H2,19,20,21). The summed E-state index contributed by atoms with van der Waals surface area (Å²) in [4.78, 5) is 11.8. The van der Waals surface area contributed by atoms with Gasteiger partial charge in [0.2, 0.25) is 0 Å². The maximum atomic E-state index is 13.1. The van der Waals surface area contributed by atoms with Crippen molar-refractivity contribution in [1.82, 2.24) is 0 Å². The predicted octanol–water partition coefficient (Wildman–Crippen LogP) is 3.84. The van der Waals surface area contributed by atoms with Gasteiger partial charge in [-0.2, -0.15) is 0 Å². The third kappa shape index (κ3) is 4.02. The van der Waals surface area contributed by atoms with Crippen LogP contribution >= 0.6 is 0 Å². The Labute approximate surface area is 126 Å². The number of benzene rings is 2. The number of urea groups is 1. The predicted molar refractivity (Wildman–Crippen MR) is 80.7 cm³/mol. The van der Waals surface area contributed by atoms with Crippen LogP contribution in [0.25, 0.3) is 0 Å². The van der Waals surface area contributed by atoms with Crippen LogP contribution in [0.15, 0.2) is 42.5 Å². The number of hydrogen-bond acceptors (Lipinski definition) is 2. The summed E-state index contributed by atoms with van der Waals surface area (Å²) < 4.78 is 25.9. The van der Waals surface area contributed by atoms with Gasteiger partial charge in [-0.05, 0) is 43.7 Å². The molecule has 0 aliphatic carbocycles. The largest absolute Gasteiger partial charge is 0.386 e. The Bertz CT molecular complexity index is 697. The Morgan fingerprint density at radius 3 is 2.23 bits per heavy atom. The molecule has 3 N–H and O–H groups in total. The van der Waals surface area contributed by atoms with Crippen LogP contribution < -0.4 is 10.6 Å². The molecule has 0 heterocycles. The minimum absolute atomic E-state index is 0.134. The van der Waals surface area contributed by atoms with E-state index in [1.165, 1.54) is 6.07 Å². The summed E-state index contributed by atoms with van der Waals surface area (Å²) in [6.07, 6.45) is 0. The fraction of sp³-hybridized carbons (Fsp3) is 0.188. The van der Waals surface area contributed by atoms with Crippen molar-refractivity contribution in [2.75, 3.05) is 10.6 Å². The third-order valence-electron chi connectivity index (χ3n) is 3.00. The number of halogens is 2. The molecule has 0 aliphatic rings. The molecule has 0 spiro atoms. The fourth-order valence-corrected chi connectivity index (χ4v) is 1.84. The smallest absolute Gasteiger partial charge is 0.323 e. The molecule has 0 saturated heterocycles. The molecule has 0 fully saturated rings. The normalized spacial score (nSPS) is 11.1. The number of amides is 2. The second-order valence-electron chi connectivity index (χ2n) is 5.35.